The van der Waals surface area contributed by atoms with Crippen molar-refractivity contribution >= 4 is 6.09 Å². The predicted octanol–water partition coefficient (Wildman–Crippen LogP) is 2.75. The summed E-state index contributed by atoms with van der Waals surface area (Å²) in [7, 11) is 0. The van der Waals surface area contributed by atoms with Crippen molar-refractivity contribution in [3.8, 4) is 5.75 Å². The lowest BCUT2D eigenvalue weighted by Crippen LogP contribution is -2.36. The minimum atomic E-state index is -3.24. The third-order valence-corrected chi connectivity index (χ3v) is 3.54. The Bertz CT molecular complexity index is 745. The number of carbonyl (C=O) groups is 1. The number of hydrogen-bond acceptors (Lipinski definition) is 5. The molecule has 0 aliphatic heterocycles. The molecule has 0 radical (unpaired) electrons. The number of benzene rings is 2. The number of halogens is 3. The van der Waals surface area contributed by atoms with E-state index in [0.29, 0.717) is 6.07 Å². The van der Waals surface area contributed by atoms with Gasteiger partial charge in [-0.15, -0.1) is 0 Å². The third-order valence-electron chi connectivity index (χ3n) is 3.54. The summed E-state index contributed by atoms with van der Waals surface area (Å²) < 4.78 is 47.1. The lowest BCUT2D eigenvalue weighted by molar-refractivity contribution is -0.0539. The van der Waals surface area contributed by atoms with Crippen molar-refractivity contribution in [2.24, 2.45) is 0 Å². The Labute approximate surface area is 153 Å². The fourth-order valence-electron chi connectivity index (χ4n) is 2.23. The summed E-state index contributed by atoms with van der Waals surface area (Å²) in [4.78, 5) is 11.6. The highest BCUT2D eigenvalue weighted by atomic mass is 19.3. The van der Waals surface area contributed by atoms with Crippen molar-refractivity contribution in [1.29, 1.82) is 0 Å². The van der Waals surface area contributed by atoms with Gasteiger partial charge in [0.05, 0.1) is 0 Å². The van der Waals surface area contributed by atoms with Crippen LogP contribution in [-0.2, 0) is 11.3 Å². The Balaban J connectivity index is 1.89. The van der Waals surface area contributed by atoms with Gasteiger partial charge in [-0.25, -0.2) is 9.18 Å². The Hall–Kier alpha value is -2.78. The Morgan fingerprint density at radius 2 is 1.81 bits per heavy atom. The van der Waals surface area contributed by atoms with Gasteiger partial charge in [0.1, 0.15) is 30.4 Å². The number of ether oxygens (including phenoxy) is 2. The molecule has 6 nitrogen and oxygen atoms in total. The molecule has 0 fully saturated rings. The van der Waals surface area contributed by atoms with E-state index in [1.54, 1.807) is 24.3 Å². The lowest BCUT2D eigenvalue weighted by Gasteiger charge is -2.21. The molecule has 0 saturated carbocycles. The lowest BCUT2D eigenvalue weighted by atomic mass is 10.0. The minimum absolute atomic E-state index is 0.00958. The second-order valence-corrected chi connectivity index (χ2v) is 5.52. The number of hydrogen-bond donors (Lipinski definition) is 3. The Morgan fingerprint density at radius 3 is 2.48 bits per heavy atom. The quantitative estimate of drug-likeness (QED) is 0.650. The monoisotopic (exact) mass is 385 g/mol. The molecule has 2 aromatic rings. The molecule has 2 rings (SSSR count). The van der Waals surface area contributed by atoms with Crippen LogP contribution in [0.4, 0.5) is 18.0 Å². The average Bonchev–Trinajstić information content (AvgIpc) is 2.64. The molecule has 0 heterocycles. The molecular formula is C18H18F3NO5. The summed E-state index contributed by atoms with van der Waals surface area (Å²) in [6, 6.07) is 11.5. The first-order valence-electron chi connectivity index (χ1n) is 7.91. The van der Waals surface area contributed by atoms with Gasteiger partial charge in [0.15, 0.2) is 0 Å². The number of aliphatic hydroxyl groups is 2. The molecule has 0 bridgehead atoms. The number of alkyl carbamates (subject to hydrolysis) is 1. The number of carbonyl (C=O) groups excluding carboxylic acids is 1. The highest BCUT2D eigenvalue weighted by Crippen LogP contribution is 2.29. The first-order valence-corrected chi connectivity index (χ1v) is 7.91. The van der Waals surface area contributed by atoms with Crippen LogP contribution < -0.4 is 10.1 Å². The molecule has 0 aliphatic carbocycles. The highest BCUT2D eigenvalue weighted by molar-refractivity contribution is 5.67. The first kappa shape index (κ1) is 20.5. The molecule has 1 amide bonds. The van der Waals surface area contributed by atoms with Gasteiger partial charge in [0.25, 0.3) is 0 Å². The SMILES string of the molecule is O=C(NCC(O)C(O)c1ccc(F)cc1OC(F)F)OCc1ccccc1. The maximum absolute atomic E-state index is 13.2. The molecule has 2 atom stereocenters. The molecule has 0 aliphatic rings. The molecule has 2 unspecified atom stereocenters. The van der Waals surface area contributed by atoms with Crippen LogP contribution in [-0.4, -0.2) is 35.6 Å². The zero-order chi connectivity index (χ0) is 19.8. The summed E-state index contributed by atoms with van der Waals surface area (Å²) >= 11 is 0. The van der Waals surface area contributed by atoms with Crippen molar-refractivity contribution in [3.05, 3.63) is 65.5 Å². The van der Waals surface area contributed by atoms with Crippen molar-refractivity contribution in [2.45, 2.75) is 25.4 Å². The van der Waals surface area contributed by atoms with Crippen LogP contribution in [0, 0.1) is 5.82 Å². The van der Waals surface area contributed by atoms with Crippen LogP contribution in [0.25, 0.3) is 0 Å². The molecule has 27 heavy (non-hydrogen) atoms. The fraction of sp³-hybridized carbons (Fsp3) is 0.278. The summed E-state index contributed by atoms with van der Waals surface area (Å²) in [6.45, 7) is -3.66. The fourth-order valence-corrected chi connectivity index (χ4v) is 2.23. The van der Waals surface area contributed by atoms with E-state index in [-0.39, 0.29) is 12.2 Å². The van der Waals surface area contributed by atoms with Crippen LogP contribution in [0.1, 0.15) is 17.2 Å². The Kier molecular flexibility index (Phi) is 7.44. The van der Waals surface area contributed by atoms with E-state index >= 15 is 0 Å². The smallest absolute Gasteiger partial charge is 0.407 e. The number of alkyl halides is 2. The standard InChI is InChI=1S/C18H18F3NO5/c19-12-6-7-13(15(8-12)27-17(20)21)16(24)14(23)9-22-18(25)26-10-11-4-2-1-3-5-11/h1-8,14,16-17,23-24H,9-10H2,(H,22,25). The third kappa shape index (κ3) is 6.46. The van der Waals surface area contributed by atoms with Crippen LogP contribution in [0.5, 0.6) is 5.75 Å². The normalized spacial score (nSPS) is 13.1. The summed E-state index contributed by atoms with van der Waals surface area (Å²) in [5.74, 6) is -1.46. The number of nitrogens with one attached hydrogen (secondary N) is 1. The van der Waals surface area contributed by atoms with Crippen molar-refractivity contribution < 1.29 is 37.7 Å². The molecule has 3 N–H and O–H groups in total. The van der Waals surface area contributed by atoms with Crippen LogP contribution in [0.3, 0.4) is 0 Å². The van der Waals surface area contributed by atoms with Crippen LogP contribution in [0.15, 0.2) is 48.5 Å². The van der Waals surface area contributed by atoms with E-state index in [1.165, 1.54) is 0 Å². The highest BCUT2D eigenvalue weighted by Gasteiger charge is 2.24. The van der Waals surface area contributed by atoms with E-state index in [9.17, 15) is 28.2 Å². The minimum Gasteiger partial charge on any atom is -0.445 e. The van der Waals surface area contributed by atoms with E-state index in [2.05, 4.69) is 10.1 Å². The molecule has 9 heteroatoms. The summed E-state index contributed by atoms with van der Waals surface area (Å²) in [6.07, 6.45) is -4.11. The van der Waals surface area contributed by atoms with E-state index < -0.39 is 43.0 Å². The largest absolute Gasteiger partial charge is 0.445 e. The van der Waals surface area contributed by atoms with Gasteiger partial charge >= 0.3 is 12.7 Å². The van der Waals surface area contributed by atoms with Crippen molar-refractivity contribution in [1.82, 2.24) is 5.32 Å². The Morgan fingerprint density at radius 1 is 1.11 bits per heavy atom. The topological polar surface area (TPSA) is 88.0 Å². The van der Waals surface area contributed by atoms with Crippen molar-refractivity contribution in [2.75, 3.05) is 6.54 Å². The van der Waals surface area contributed by atoms with Crippen LogP contribution >= 0.6 is 0 Å². The second kappa shape index (κ2) is 9.79. The summed E-state index contributed by atoms with van der Waals surface area (Å²) in [5, 5.41) is 22.3. The van der Waals surface area contributed by atoms with Crippen LogP contribution in [0.2, 0.25) is 0 Å². The van der Waals surface area contributed by atoms with Gasteiger partial charge in [-0.2, -0.15) is 8.78 Å². The maximum Gasteiger partial charge on any atom is 0.407 e. The second-order valence-electron chi connectivity index (χ2n) is 5.52. The molecule has 2 aromatic carbocycles. The van der Waals surface area contributed by atoms with Gasteiger partial charge in [-0.05, 0) is 17.7 Å². The number of amides is 1. The van der Waals surface area contributed by atoms with Gasteiger partial charge in [-0.1, -0.05) is 30.3 Å². The summed E-state index contributed by atoms with van der Waals surface area (Å²) in [5.41, 5.74) is 0.511. The van der Waals surface area contributed by atoms with Crippen molar-refractivity contribution in [3.63, 3.8) is 0 Å². The zero-order valence-electron chi connectivity index (χ0n) is 14.0. The number of rotatable bonds is 8. The molecule has 146 valence electrons. The van der Waals surface area contributed by atoms with Gasteiger partial charge in [0, 0.05) is 18.2 Å². The predicted molar refractivity (Wildman–Crippen MR) is 88.6 cm³/mol. The van der Waals surface area contributed by atoms with E-state index in [1.807, 2.05) is 6.07 Å². The van der Waals surface area contributed by atoms with E-state index in [4.69, 9.17) is 4.74 Å². The van der Waals surface area contributed by atoms with E-state index in [0.717, 1.165) is 17.7 Å². The molecule has 0 aromatic heterocycles. The first-order chi connectivity index (χ1) is 12.9. The van der Waals surface area contributed by atoms with Gasteiger partial charge < -0.3 is 25.0 Å². The maximum atomic E-state index is 13.2. The van der Waals surface area contributed by atoms with Gasteiger partial charge in [0.2, 0.25) is 0 Å². The average molecular weight is 385 g/mol. The molecule has 0 spiro atoms. The number of aliphatic hydroxyl groups excluding tert-OH is 2. The zero-order valence-corrected chi connectivity index (χ0v) is 14.0. The van der Waals surface area contributed by atoms with Gasteiger partial charge in [-0.3, -0.25) is 0 Å². The molecular weight excluding hydrogens is 367 g/mol. The molecule has 0 saturated heterocycles.